The highest BCUT2D eigenvalue weighted by Crippen LogP contribution is 2.37. The molecule has 1 N–H and O–H groups in total. The van der Waals surface area contributed by atoms with Gasteiger partial charge in [0.25, 0.3) is 0 Å². The Balaban J connectivity index is 1.49. The lowest BCUT2D eigenvalue weighted by Gasteiger charge is -2.36. The van der Waals surface area contributed by atoms with Gasteiger partial charge in [-0.1, -0.05) is 5.16 Å². The van der Waals surface area contributed by atoms with Crippen molar-refractivity contribution in [3.8, 4) is 0 Å². The summed E-state index contributed by atoms with van der Waals surface area (Å²) in [5.41, 5.74) is 2.25. The first-order valence-electron chi connectivity index (χ1n) is 7.49. The van der Waals surface area contributed by atoms with E-state index in [9.17, 15) is 0 Å². The van der Waals surface area contributed by atoms with Crippen molar-refractivity contribution >= 4 is 0 Å². The van der Waals surface area contributed by atoms with Crippen molar-refractivity contribution in [3.05, 3.63) is 17.0 Å². The second-order valence-electron chi connectivity index (χ2n) is 6.32. The van der Waals surface area contributed by atoms with Gasteiger partial charge in [-0.3, -0.25) is 0 Å². The van der Waals surface area contributed by atoms with E-state index < -0.39 is 0 Å². The maximum Gasteiger partial charge on any atom is 0.138 e. The molecule has 4 nitrogen and oxygen atoms in total. The average Bonchev–Trinajstić information content (AvgIpc) is 2.80. The lowest BCUT2D eigenvalue weighted by Crippen LogP contribution is -2.42. The van der Waals surface area contributed by atoms with Gasteiger partial charge in [0.2, 0.25) is 0 Å². The molecule has 3 rings (SSSR count). The first-order valence-corrected chi connectivity index (χ1v) is 7.49. The molecule has 2 atom stereocenters. The largest absolute Gasteiger partial charge is 0.361 e. The topological polar surface area (TPSA) is 41.3 Å². The molecule has 2 aliphatic heterocycles. The van der Waals surface area contributed by atoms with Gasteiger partial charge in [0.15, 0.2) is 0 Å². The molecule has 0 amide bonds. The Kier molecular flexibility index (Phi) is 3.63. The summed E-state index contributed by atoms with van der Waals surface area (Å²) in [6.45, 7) is 6.03. The second kappa shape index (κ2) is 5.25. The minimum absolute atomic E-state index is 0.838. The van der Waals surface area contributed by atoms with Crippen LogP contribution in [0.2, 0.25) is 0 Å². The molecule has 2 unspecified atom stereocenters. The fourth-order valence-corrected chi connectivity index (χ4v) is 3.85. The number of rotatable bonds is 4. The molecule has 106 valence electrons. The van der Waals surface area contributed by atoms with Crippen molar-refractivity contribution in [1.29, 1.82) is 0 Å². The quantitative estimate of drug-likeness (QED) is 0.904. The lowest BCUT2D eigenvalue weighted by molar-refractivity contribution is 0.133. The molecule has 1 aromatic heterocycles. The molecule has 0 spiro atoms. The van der Waals surface area contributed by atoms with Crippen LogP contribution in [0.1, 0.15) is 42.7 Å². The van der Waals surface area contributed by atoms with Crippen LogP contribution in [-0.2, 0) is 6.54 Å². The van der Waals surface area contributed by atoms with Crippen molar-refractivity contribution in [2.75, 3.05) is 13.6 Å². The molecular formula is C15H25N3O. The zero-order chi connectivity index (χ0) is 13.4. The maximum atomic E-state index is 5.20. The molecule has 2 fully saturated rings. The molecule has 1 aromatic rings. The number of piperidine rings is 1. The summed E-state index contributed by atoms with van der Waals surface area (Å²) in [6, 6.07) is 1.68. The Morgan fingerprint density at radius 1 is 1.26 bits per heavy atom. The lowest BCUT2D eigenvalue weighted by atomic mass is 9.91. The van der Waals surface area contributed by atoms with Crippen molar-refractivity contribution in [2.45, 2.75) is 58.2 Å². The number of nitrogens with one attached hydrogen (secondary N) is 1. The normalized spacial score (nSPS) is 31.0. The zero-order valence-corrected chi connectivity index (χ0v) is 12.3. The smallest absolute Gasteiger partial charge is 0.138 e. The van der Waals surface area contributed by atoms with Crippen LogP contribution in [0, 0.1) is 19.8 Å². The Bertz CT molecular complexity index is 409. The summed E-state index contributed by atoms with van der Waals surface area (Å²) in [6.07, 6.45) is 5.53. The third-order valence-electron chi connectivity index (χ3n) is 5.11. The van der Waals surface area contributed by atoms with Crippen LogP contribution < -0.4 is 5.32 Å². The van der Waals surface area contributed by atoms with Gasteiger partial charge >= 0.3 is 0 Å². The summed E-state index contributed by atoms with van der Waals surface area (Å²) in [5, 5.41) is 7.61. The number of nitrogens with zero attached hydrogens (tertiary/aromatic N) is 2. The number of aromatic nitrogens is 1. The summed E-state index contributed by atoms with van der Waals surface area (Å²) in [4.78, 5) is 2.60. The molecule has 0 aromatic carbocycles. The summed E-state index contributed by atoms with van der Waals surface area (Å²) >= 11 is 0. The molecule has 2 saturated heterocycles. The molecule has 2 bridgehead atoms. The van der Waals surface area contributed by atoms with Crippen molar-refractivity contribution in [3.63, 3.8) is 0 Å². The van der Waals surface area contributed by atoms with E-state index in [4.69, 9.17) is 4.52 Å². The first-order chi connectivity index (χ1) is 9.15. The van der Waals surface area contributed by atoms with Gasteiger partial charge in [-0.25, -0.2) is 0 Å². The Morgan fingerprint density at radius 2 is 1.95 bits per heavy atom. The van der Waals surface area contributed by atoms with Gasteiger partial charge in [-0.05, 0) is 59.0 Å². The van der Waals surface area contributed by atoms with E-state index >= 15 is 0 Å². The van der Waals surface area contributed by atoms with E-state index in [2.05, 4.69) is 22.4 Å². The van der Waals surface area contributed by atoms with Crippen LogP contribution in [0.25, 0.3) is 0 Å². The third kappa shape index (κ3) is 2.56. The van der Waals surface area contributed by atoms with E-state index in [1.165, 1.54) is 31.2 Å². The van der Waals surface area contributed by atoms with Gasteiger partial charge in [-0.15, -0.1) is 0 Å². The summed E-state index contributed by atoms with van der Waals surface area (Å²) in [7, 11) is 2.30. The van der Waals surface area contributed by atoms with Crippen LogP contribution in [0.15, 0.2) is 4.52 Å². The monoisotopic (exact) mass is 263 g/mol. The molecule has 3 heterocycles. The number of fused-ring (bicyclic) bond motifs is 2. The van der Waals surface area contributed by atoms with Crippen LogP contribution in [0.4, 0.5) is 0 Å². The Morgan fingerprint density at radius 3 is 2.53 bits per heavy atom. The molecule has 4 heteroatoms. The predicted octanol–water partition coefficient (Wildman–Crippen LogP) is 2.25. The summed E-state index contributed by atoms with van der Waals surface area (Å²) in [5.74, 6) is 1.79. The second-order valence-corrected chi connectivity index (χ2v) is 6.32. The van der Waals surface area contributed by atoms with Crippen molar-refractivity contribution < 1.29 is 4.52 Å². The predicted molar refractivity (Wildman–Crippen MR) is 75.0 cm³/mol. The fraction of sp³-hybridized carbons (Fsp3) is 0.800. The summed E-state index contributed by atoms with van der Waals surface area (Å²) < 4.78 is 5.20. The van der Waals surface area contributed by atoms with Crippen molar-refractivity contribution in [1.82, 2.24) is 15.4 Å². The SMILES string of the molecule is Cc1noc(C)c1CNCC1CC2CCC(C1)N2C. The van der Waals surface area contributed by atoms with Gasteiger partial charge in [0.05, 0.1) is 5.69 Å². The van der Waals surface area contributed by atoms with Gasteiger partial charge in [0.1, 0.15) is 5.76 Å². The first kappa shape index (κ1) is 13.1. The highest BCUT2D eigenvalue weighted by atomic mass is 16.5. The molecule has 19 heavy (non-hydrogen) atoms. The third-order valence-corrected chi connectivity index (χ3v) is 5.11. The van der Waals surface area contributed by atoms with Crippen LogP contribution in [0.5, 0.6) is 0 Å². The van der Waals surface area contributed by atoms with Gasteiger partial charge < -0.3 is 14.7 Å². The Labute approximate surface area is 115 Å². The number of aryl methyl sites for hydroxylation is 2. The fourth-order valence-electron chi connectivity index (χ4n) is 3.85. The molecule has 2 aliphatic rings. The van der Waals surface area contributed by atoms with E-state index in [1.807, 2.05) is 13.8 Å². The van der Waals surface area contributed by atoms with E-state index in [-0.39, 0.29) is 0 Å². The van der Waals surface area contributed by atoms with E-state index in [0.29, 0.717) is 0 Å². The molecular weight excluding hydrogens is 238 g/mol. The van der Waals surface area contributed by atoms with E-state index in [0.717, 1.165) is 42.5 Å². The molecule has 0 saturated carbocycles. The minimum atomic E-state index is 0.838. The van der Waals surface area contributed by atoms with Crippen LogP contribution in [-0.4, -0.2) is 35.7 Å². The zero-order valence-electron chi connectivity index (χ0n) is 12.3. The standard InChI is InChI=1S/C15H25N3O/c1-10-15(11(2)19-17-10)9-16-8-12-6-13-4-5-14(7-12)18(13)3/h12-14,16H,4-9H2,1-3H3. The van der Waals surface area contributed by atoms with Crippen LogP contribution in [0.3, 0.4) is 0 Å². The number of hydrogen-bond acceptors (Lipinski definition) is 4. The Hall–Kier alpha value is -0.870. The van der Waals surface area contributed by atoms with Crippen LogP contribution >= 0.6 is 0 Å². The van der Waals surface area contributed by atoms with Gasteiger partial charge in [0, 0.05) is 24.2 Å². The van der Waals surface area contributed by atoms with E-state index in [1.54, 1.807) is 0 Å². The maximum absolute atomic E-state index is 5.20. The van der Waals surface area contributed by atoms with Crippen molar-refractivity contribution in [2.24, 2.45) is 5.92 Å². The highest BCUT2D eigenvalue weighted by Gasteiger charge is 2.37. The minimum Gasteiger partial charge on any atom is -0.361 e. The van der Waals surface area contributed by atoms with Gasteiger partial charge in [-0.2, -0.15) is 0 Å². The molecule has 0 aliphatic carbocycles. The highest BCUT2D eigenvalue weighted by molar-refractivity contribution is 5.20. The number of hydrogen-bond donors (Lipinski definition) is 1. The molecule has 0 radical (unpaired) electrons. The average molecular weight is 263 g/mol.